The fourth-order valence-electron chi connectivity index (χ4n) is 1.33. The van der Waals surface area contributed by atoms with Gasteiger partial charge in [0.2, 0.25) is 5.82 Å². The third kappa shape index (κ3) is 2.58. The number of carbonyl (C=O) groups is 1. The zero-order valence-corrected chi connectivity index (χ0v) is 9.73. The Morgan fingerprint density at radius 2 is 2.20 bits per heavy atom. The molecule has 8 heteroatoms. The van der Waals surface area contributed by atoms with E-state index in [1.54, 1.807) is 4.57 Å². The number of halogens is 2. The molecule has 0 aliphatic carbocycles. The third-order valence-corrected chi connectivity index (χ3v) is 1.99. The van der Waals surface area contributed by atoms with Gasteiger partial charge < -0.3 is 14.6 Å². The first kappa shape index (κ1) is 14.2. The second-order valence-electron chi connectivity index (χ2n) is 2.76. The number of nitrogens with zero attached hydrogens (tertiary/aromatic N) is 3. The van der Waals surface area contributed by atoms with Crippen molar-refractivity contribution in [1.29, 1.82) is 0 Å². The molecule has 0 amide bonds. The summed E-state index contributed by atoms with van der Waals surface area (Å²) in [6, 6.07) is 0. The summed E-state index contributed by atoms with van der Waals surface area (Å²) >= 11 is 0. The minimum Gasteiger partial charge on any atom is -0.463 e. The van der Waals surface area contributed by atoms with Gasteiger partial charge in [-0.25, -0.2) is 4.79 Å². The number of fused-ring (bicyclic) bond motifs is 1. The van der Waals surface area contributed by atoms with E-state index in [0.29, 0.717) is 18.9 Å². The van der Waals surface area contributed by atoms with Gasteiger partial charge in [-0.2, -0.15) is 0 Å². The average molecular weight is 255 g/mol. The quantitative estimate of drug-likeness (QED) is 0.716. The number of hydrogen-bond donors (Lipinski definition) is 1. The molecule has 0 bridgehead atoms. The van der Waals surface area contributed by atoms with E-state index in [-0.39, 0.29) is 24.8 Å². The Bertz CT molecular complexity index is 342. The fraction of sp³-hybridized carbons (Fsp3) is 0.571. The van der Waals surface area contributed by atoms with Gasteiger partial charge >= 0.3 is 5.97 Å². The van der Waals surface area contributed by atoms with E-state index in [4.69, 9.17) is 0 Å². The van der Waals surface area contributed by atoms with E-state index >= 15 is 0 Å². The van der Waals surface area contributed by atoms with Crippen LogP contribution in [0.4, 0.5) is 0 Å². The van der Waals surface area contributed by atoms with Crippen LogP contribution in [0.5, 0.6) is 0 Å². The minimum absolute atomic E-state index is 0. The van der Waals surface area contributed by atoms with E-state index in [1.165, 1.54) is 7.11 Å². The van der Waals surface area contributed by atoms with Crippen molar-refractivity contribution in [2.24, 2.45) is 0 Å². The van der Waals surface area contributed by atoms with Crippen LogP contribution >= 0.6 is 24.8 Å². The van der Waals surface area contributed by atoms with Crippen molar-refractivity contribution in [3.63, 3.8) is 0 Å². The molecule has 1 aromatic rings. The molecular weight excluding hydrogens is 243 g/mol. The van der Waals surface area contributed by atoms with Crippen molar-refractivity contribution in [3.05, 3.63) is 11.6 Å². The fourth-order valence-corrected chi connectivity index (χ4v) is 1.33. The summed E-state index contributed by atoms with van der Waals surface area (Å²) in [6.07, 6.45) is 0. The molecular formula is C7H12Cl2N4O2. The SMILES string of the molecule is COC(=O)c1nnc2n1CCNC2.Cl.Cl. The first-order valence-electron chi connectivity index (χ1n) is 4.04. The molecule has 2 heterocycles. The molecule has 1 aliphatic heterocycles. The summed E-state index contributed by atoms with van der Waals surface area (Å²) in [5.41, 5.74) is 0. The number of nitrogens with one attached hydrogen (secondary N) is 1. The van der Waals surface area contributed by atoms with Gasteiger partial charge in [-0.3, -0.25) is 0 Å². The molecule has 0 atom stereocenters. The molecule has 0 unspecified atom stereocenters. The Morgan fingerprint density at radius 3 is 2.87 bits per heavy atom. The van der Waals surface area contributed by atoms with Crippen molar-refractivity contribution in [3.8, 4) is 0 Å². The van der Waals surface area contributed by atoms with Gasteiger partial charge in [-0.15, -0.1) is 35.0 Å². The molecule has 0 spiro atoms. The highest BCUT2D eigenvalue weighted by molar-refractivity contribution is 5.86. The summed E-state index contributed by atoms with van der Waals surface area (Å²) in [7, 11) is 1.34. The Kier molecular flexibility index (Phi) is 5.56. The average Bonchev–Trinajstić information content (AvgIpc) is 2.60. The summed E-state index contributed by atoms with van der Waals surface area (Å²) in [6.45, 7) is 2.20. The van der Waals surface area contributed by atoms with Crippen LogP contribution in [0, 0.1) is 0 Å². The molecule has 1 aliphatic rings. The molecule has 15 heavy (non-hydrogen) atoms. The summed E-state index contributed by atoms with van der Waals surface area (Å²) in [5, 5.41) is 10.8. The predicted octanol–water partition coefficient (Wildman–Crippen LogP) is 0.0115. The predicted molar refractivity (Wildman–Crippen MR) is 57.6 cm³/mol. The maximum absolute atomic E-state index is 11.2. The second-order valence-corrected chi connectivity index (χ2v) is 2.76. The Morgan fingerprint density at radius 1 is 1.47 bits per heavy atom. The number of rotatable bonds is 1. The molecule has 2 rings (SSSR count). The highest BCUT2D eigenvalue weighted by atomic mass is 35.5. The number of ether oxygens (including phenoxy) is 1. The highest BCUT2D eigenvalue weighted by Gasteiger charge is 2.20. The lowest BCUT2D eigenvalue weighted by Gasteiger charge is -2.14. The molecule has 1 aromatic heterocycles. The molecule has 1 N–H and O–H groups in total. The molecule has 86 valence electrons. The maximum Gasteiger partial charge on any atom is 0.376 e. The zero-order valence-electron chi connectivity index (χ0n) is 8.10. The summed E-state index contributed by atoms with van der Waals surface area (Å²) in [4.78, 5) is 11.2. The van der Waals surface area contributed by atoms with Crippen molar-refractivity contribution in [2.75, 3.05) is 13.7 Å². The minimum atomic E-state index is -0.430. The van der Waals surface area contributed by atoms with Crippen LogP contribution < -0.4 is 5.32 Å². The van der Waals surface area contributed by atoms with Crippen LogP contribution in [-0.2, 0) is 17.8 Å². The van der Waals surface area contributed by atoms with Crippen molar-refractivity contribution in [2.45, 2.75) is 13.1 Å². The lowest BCUT2D eigenvalue weighted by molar-refractivity contribution is 0.0579. The normalized spacial score (nSPS) is 13.1. The van der Waals surface area contributed by atoms with Crippen molar-refractivity contribution < 1.29 is 9.53 Å². The standard InChI is InChI=1S/C7H10N4O2.2ClH/c1-13-7(12)6-10-9-5-4-8-2-3-11(5)6;;/h8H,2-4H2,1H3;2*1H. The molecule has 0 radical (unpaired) electrons. The van der Waals surface area contributed by atoms with Crippen LogP contribution in [0.3, 0.4) is 0 Å². The van der Waals surface area contributed by atoms with E-state index < -0.39 is 5.97 Å². The molecule has 0 saturated heterocycles. The molecule has 0 aromatic carbocycles. The number of carbonyl (C=O) groups excluding carboxylic acids is 1. The van der Waals surface area contributed by atoms with Crippen molar-refractivity contribution in [1.82, 2.24) is 20.1 Å². The van der Waals surface area contributed by atoms with Crippen LogP contribution in [0.1, 0.15) is 16.4 Å². The number of hydrogen-bond acceptors (Lipinski definition) is 5. The van der Waals surface area contributed by atoms with Gasteiger partial charge in [0.05, 0.1) is 13.7 Å². The lowest BCUT2D eigenvalue weighted by Crippen LogP contribution is -2.30. The van der Waals surface area contributed by atoms with Crippen LogP contribution in [0.2, 0.25) is 0 Å². The Labute approximate surface area is 99.2 Å². The van der Waals surface area contributed by atoms with Crippen LogP contribution in [-0.4, -0.2) is 34.4 Å². The zero-order chi connectivity index (χ0) is 9.26. The summed E-state index contributed by atoms with van der Waals surface area (Å²) in [5.74, 6) is 0.645. The largest absolute Gasteiger partial charge is 0.463 e. The highest BCUT2D eigenvalue weighted by Crippen LogP contribution is 2.06. The maximum atomic E-state index is 11.2. The Balaban J connectivity index is 0.000000980. The lowest BCUT2D eigenvalue weighted by atomic mass is 10.4. The number of esters is 1. The van der Waals surface area contributed by atoms with Gasteiger partial charge in [0.15, 0.2) is 0 Å². The Hall–Kier alpha value is -0.850. The van der Waals surface area contributed by atoms with Gasteiger partial charge in [0.25, 0.3) is 0 Å². The topological polar surface area (TPSA) is 69.0 Å². The summed E-state index contributed by atoms with van der Waals surface area (Å²) < 4.78 is 6.36. The monoisotopic (exact) mass is 254 g/mol. The first-order valence-corrected chi connectivity index (χ1v) is 4.04. The van der Waals surface area contributed by atoms with Gasteiger partial charge in [0, 0.05) is 13.1 Å². The molecule has 0 fully saturated rings. The van der Waals surface area contributed by atoms with E-state index in [9.17, 15) is 4.79 Å². The molecule has 6 nitrogen and oxygen atoms in total. The first-order chi connectivity index (χ1) is 6.33. The van der Waals surface area contributed by atoms with Gasteiger partial charge in [-0.05, 0) is 0 Å². The molecule has 0 saturated carbocycles. The smallest absolute Gasteiger partial charge is 0.376 e. The van der Waals surface area contributed by atoms with E-state index in [0.717, 1.165) is 12.4 Å². The number of methoxy groups -OCH3 is 1. The van der Waals surface area contributed by atoms with Crippen LogP contribution in [0.25, 0.3) is 0 Å². The number of aromatic nitrogens is 3. The second kappa shape index (κ2) is 5.89. The van der Waals surface area contributed by atoms with Crippen molar-refractivity contribution >= 4 is 30.8 Å². The van der Waals surface area contributed by atoms with E-state index in [2.05, 4.69) is 20.3 Å². The van der Waals surface area contributed by atoms with Gasteiger partial charge in [0.1, 0.15) is 5.82 Å². The van der Waals surface area contributed by atoms with E-state index in [1.807, 2.05) is 0 Å². The third-order valence-electron chi connectivity index (χ3n) is 1.99. The van der Waals surface area contributed by atoms with Crippen LogP contribution in [0.15, 0.2) is 0 Å². The van der Waals surface area contributed by atoms with Gasteiger partial charge in [-0.1, -0.05) is 0 Å².